The van der Waals surface area contributed by atoms with Crippen LogP contribution in [-0.4, -0.2) is 0 Å². The van der Waals surface area contributed by atoms with Crippen LogP contribution in [0.15, 0.2) is 40.9 Å². The zero-order chi connectivity index (χ0) is 14.3. The molecule has 0 saturated carbocycles. The van der Waals surface area contributed by atoms with Gasteiger partial charge in [0.15, 0.2) is 0 Å². The van der Waals surface area contributed by atoms with E-state index in [0.717, 1.165) is 21.3 Å². The molecular formula is C15H12BrClFNO. The third kappa shape index (κ3) is 2.55. The highest BCUT2D eigenvalue weighted by Gasteiger charge is 2.27. The summed E-state index contributed by atoms with van der Waals surface area (Å²) in [5.74, 6) is 0.322. The molecule has 0 aliphatic carbocycles. The van der Waals surface area contributed by atoms with Crippen LogP contribution in [0.3, 0.4) is 0 Å². The fourth-order valence-electron chi connectivity index (χ4n) is 2.39. The van der Waals surface area contributed by atoms with Crippen LogP contribution in [0.5, 0.6) is 5.75 Å². The van der Waals surface area contributed by atoms with Crippen LogP contribution in [0, 0.1) is 5.82 Å². The Morgan fingerprint density at radius 3 is 2.80 bits per heavy atom. The van der Waals surface area contributed by atoms with E-state index in [2.05, 4.69) is 15.9 Å². The van der Waals surface area contributed by atoms with Gasteiger partial charge in [0, 0.05) is 22.5 Å². The number of halogens is 3. The van der Waals surface area contributed by atoms with Crippen molar-refractivity contribution in [1.82, 2.24) is 0 Å². The highest BCUT2D eigenvalue weighted by atomic mass is 79.9. The van der Waals surface area contributed by atoms with Gasteiger partial charge in [-0.15, -0.1) is 0 Å². The van der Waals surface area contributed by atoms with Gasteiger partial charge in [-0.3, -0.25) is 0 Å². The Hall–Kier alpha value is -1.10. The maximum atomic E-state index is 13.2. The summed E-state index contributed by atoms with van der Waals surface area (Å²) in [5.41, 5.74) is 8.00. The fourth-order valence-corrected chi connectivity index (χ4v) is 2.92. The average Bonchev–Trinajstić information content (AvgIpc) is 2.41. The first-order valence-corrected chi connectivity index (χ1v) is 7.38. The van der Waals surface area contributed by atoms with Crippen LogP contribution in [0.2, 0.25) is 5.02 Å². The van der Waals surface area contributed by atoms with Crippen molar-refractivity contribution in [2.75, 3.05) is 0 Å². The van der Waals surface area contributed by atoms with E-state index in [-0.39, 0.29) is 17.2 Å². The highest BCUT2D eigenvalue weighted by molar-refractivity contribution is 9.10. The summed E-state index contributed by atoms with van der Waals surface area (Å²) in [6.45, 7) is 0. The molecule has 104 valence electrons. The maximum Gasteiger partial charge on any atom is 0.141 e. The summed E-state index contributed by atoms with van der Waals surface area (Å²) in [4.78, 5) is 0. The number of hydrogen-bond acceptors (Lipinski definition) is 2. The lowest BCUT2D eigenvalue weighted by atomic mass is 9.93. The molecule has 0 spiro atoms. The minimum atomic E-state index is -0.432. The molecule has 1 aliphatic heterocycles. The summed E-state index contributed by atoms with van der Waals surface area (Å²) >= 11 is 9.24. The predicted molar refractivity (Wildman–Crippen MR) is 80.5 cm³/mol. The minimum Gasteiger partial charge on any atom is -0.485 e. The van der Waals surface area contributed by atoms with Crippen LogP contribution in [-0.2, 0) is 0 Å². The van der Waals surface area contributed by atoms with Crippen LogP contribution in [0.25, 0.3) is 0 Å². The molecule has 2 aromatic rings. The molecule has 2 nitrogen and oxygen atoms in total. The van der Waals surface area contributed by atoms with Gasteiger partial charge in [-0.2, -0.15) is 0 Å². The van der Waals surface area contributed by atoms with Crippen LogP contribution >= 0.6 is 27.5 Å². The van der Waals surface area contributed by atoms with Crippen molar-refractivity contribution >= 4 is 27.5 Å². The van der Waals surface area contributed by atoms with Gasteiger partial charge in [0.05, 0.1) is 5.02 Å². The average molecular weight is 357 g/mol. The Morgan fingerprint density at radius 1 is 1.25 bits per heavy atom. The Kier molecular flexibility index (Phi) is 3.71. The van der Waals surface area contributed by atoms with Gasteiger partial charge in [-0.05, 0) is 29.8 Å². The maximum absolute atomic E-state index is 13.2. The van der Waals surface area contributed by atoms with Gasteiger partial charge >= 0.3 is 0 Å². The summed E-state index contributed by atoms with van der Waals surface area (Å²) < 4.78 is 20.1. The number of nitrogens with two attached hydrogens (primary N) is 1. The molecule has 5 heteroatoms. The van der Waals surface area contributed by atoms with Crippen molar-refractivity contribution < 1.29 is 9.13 Å². The van der Waals surface area contributed by atoms with Crippen molar-refractivity contribution in [3.05, 3.63) is 62.8 Å². The van der Waals surface area contributed by atoms with Gasteiger partial charge in [0.1, 0.15) is 17.7 Å². The summed E-state index contributed by atoms with van der Waals surface area (Å²) in [5, 5.41) is 0.0970. The Bertz CT molecular complexity index is 664. The van der Waals surface area contributed by atoms with E-state index in [1.54, 1.807) is 12.1 Å². The van der Waals surface area contributed by atoms with E-state index in [0.29, 0.717) is 6.42 Å². The lowest BCUT2D eigenvalue weighted by Gasteiger charge is -2.30. The molecule has 1 heterocycles. The van der Waals surface area contributed by atoms with Crippen molar-refractivity contribution in [2.24, 2.45) is 5.73 Å². The third-order valence-electron chi connectivity index (χ3n) is 3.43. The van der Waals surface area contributed by atoms with Crippen LogP contribution < -0.4 is 10.5 Å². The van der Waals surface area contributed by atoms with Crippen molar-refractivity contribution in [1.29, 1.82) is 0 Å². The number of fused-ring (bicyclic) bond motifs is 1. The van der Waals surface area contributed by atoms with E-state index >= 15 is 0 Å². The van der Waals surface area contributed by atoms with Gasteiger partial charge in [0.25, 0.3) is 0 Å². The molecule has 2 atom stereocenters. The molecule has 1 aliphatic rings. The topological polar surface area (TPSA) is 35.2 Å². The second kappa shape index (κ2) is 5.35. The molecule has 20 heavy (non-hydrogen) atoms. The molecule has 2 aromatic carbocycles. The standard InChI is InChI=1S/C15H12BrClFNO/c16-9-2-3-10-13(19)7-14(20-15(10)6-9)8-1-4-12(18)11(17)5-8/h1-6,13-14H,7,19H2. The zero-order valence-corrected chi connectivity index (χ0v) is 12.8. The van der Waals surface area contributed by atoms with Gasteiger partial charge < -0.3 is 10.5 Å². The smallest absolute Gasteiger partial charge is 0.141 e. The molecule has 2 unspecified atom stereocenters. The molecule has 0 aromatic heterocycles. The Labute approximate surface area is 129 Å². The van der Waals surface area contributed by atoms with Crippen molar-refractivity contribution in [3.63, 3.8) is 0 Å². The van der Waals surface area contributed by atoms with Crippen molar-refractivity contribution in [3.8, 4) is 5.75 Å². The number of ether oxygens (including phenoxy) is 1. The second-order valence-corrected chi connectivity index (χ2v) is 6.13. The first kappa shape index (κ1) is 13.9. The molecule has 2 N–H and O–H groups in total. The quantitative estimate of drug-likeness (QED) is 0.799. The van der Waals surface area contributed by atoms with Crippen LogP contribution in [0.1, 0.15) is 29.7 Å². The number of hydrogen-bond donors (Lipinski definition) is 1. The first-order valence-electron chi connectivity index (χ1n) is 6.21. The van der Waals surface area contributed by atoms with E-state index < -0.39 is 5.82 Å². The summed E-state index contributed by atoms with van der Waals surface area (Å²) in [6.07, 6.45) is 0.418. The number of rotatable bonds is 1. The van der Waals surface area contributed by atoms with E-state index in [4.69, 9.17) is 22.1 Å². The summed E-state index contributed by atoms with van der Waals surface area (Å²) in [6, 6.07) is 10.3. The molecule has 0 radical (unpaired) electrons. The Balaban J connectivity index is 1.96. The fraction of sp³-hybridized carbons (Fsp3) is 0.200. The molecule has 0 bridgehead atoms. The van der Waals surface area contributed by atoms with E-state index in [1.807, 2.05) is 18.2 Å². The normalized spacial score (nSPS) is 21.2. The molecule has 0 saturated heterocycles. The van der Waals surface area contributed by atoms with Gasteiger partial charge in [0.2, 0.25) is 0 Å². The van der Waals surface area contributed by atoms with Crippen LogP contribution in [0.4, 0.5) is 4.39 Å². The molecule has 0 amide bonds. The molecule has 0 fully saturated rings. The van der Waals surface area contributed by atoms with Gasteiger partial charge in [-0.25, -0.2) is 4.39 Å². The molecular weight excluding hydrogens is 345 g/mol. The number of benzene rings is 2. The van der Waals surface area contributed by atoms with E-state index in [9.17, 15) is 4.39 Å². The zero-order valence-electron chi connectivity index (χ0n) is 10.4. The summed E-state index contributed by atoms with van der Waals surface area (Å²) in [7, 11) is 0. The second-order valence-electron chi connectivity index (χ2n) is 4.80. The highest BCUT2D eigenvalue weighted by Crippen LogP contribution is 2.41. The molecule has 3 rings (SSSR count). The van der Waals surface area contributed by atoms with Crippen molar-refractivity contribution in [2.45, 2.75) is 18.6 Å². The lowest BCUT2D eigenvalue weighted by molar-refractivity contribution is 0.161. The monoisotopic (exact) mass is 355 g/mol. The minimum absolute atomic E-state index is 0.0970. The van der Waals surface area contributed by atoms with Gasteiger partial charge in [-0.1, -0.05) is 39.7 Å². The lowest BCUT2D eigenvalue weighted by Crippen LogP contribution is -2.24. The Morgan fingerprint density at radius 2 is 2.05 bits per heavy atom. The first-order chi connectivity index (χ1) is 9.54. The SMILES string of the molecule is NC1CC(c2ccc(F)c(Cl)c2)Oc2cc(Br)ccc21. The van der Waals surface area contributed by atoms with E-state index in [1.165, 1.54) is 6.07 Å². The predicted octanol–water partition coefficient (Wildman–Crippen LogP) is 4.77. The largest absolute Gasteiger partial charge is 0.485 e. The third-order valence-corrected chi connectivity index (χ3v) is 4.21.